The van der Waals surface area contributed by atoms with Crippen LogP contribution >= 0.6 is 0 Å². The van der Waals surface area contributed by atoms with Gasteiger partial charge < -0.3 is 5.11 Å². The average molecular weight is 391 g/mol. The minimum atomic E-state index is -0.945. The van der Waals surface area contributed by atoms with Crippen LogP contribution < -0.4 is 5.01 Å². The minimum Gasteiger partial charge on any atom is -0.506 e. The molecule has 1 unspecified atom stereocenters. The molecule has 0 fully saturated rings. The van der Waals surface area contributed by atoms with Crippen LogP contribution in [0.4, 0.5) is 17.1 Å². The van der Waals surface area contributed by atoms with Gasteiger partial charge in [0.15, 0.2) is 6.04 Å². The van der Waals surface area contributed by atoms with E-state index < -0.39 is 16.9 Å². The summed E-state index contributed by atoms with van der Waals surface area (Å²) in [5.41, 5.74) is 0.707. The van der Waals surface area contributed by atoms with Gasteiger partial charge in [0.05, 0.1) is 16.3 Å². The van der Waals surface area contributed by atoms with E-state index in [1.807, 2.05) is 6.07 Å². The van der Waals surface area contributed by atoms with E-state index in [1.54, 1.807) is 31.2 Å². The Labute approximate surface area is 158 Å². The Morgan fingerprint density at radius 3 is 2.58 bits per heavy atom. The maximum absolute atomic E-state index is 12.5. The molecule has 0 bridgehead atoms. The second kappa shape index (κ2) is 7.86. The molecule has 2 aromatic rings. The Hall–Kier alpha value is -3.09. The molecule has 132 valence electrons. The number of carbonyl (C=O) groups is 1. The number of rotatable bonds is 4. The maximum atomic E-state index is 12.5. The van der Waals surface area contributed by atoms with Gasteiger partial charge in [-0.15, -0.1) is 0 Å². The summed E-state index contributed by atoms with van der Waals surface area (Å²) in [6.45, 7) is 1.64. The smallest absolute Gasteiger partial charge is 0.280 e. The summed E-state index contributed by atoms with van der Waals surface area (Å²) in [6, 6.07) is 11.3. The standard InChI is InChI=1S/C16H13N5O4.Cr/c1-10-15(16(23)20(19-10)11-5-3-2-4-6-11)18-17-13-9-12(21(24)25)7-8-14(13)22;/h2-9,15,22H,1H3;. The van der Waals surface area contributed by atoms with Crippen LogP contribution in [0.3, 0.4) is 0 Å². The second-order valence-corrected chi connectivity index (χ2v) is 5.28. The zero-order valence-electron chi connectivity index (χ0n) is 13.5. The molecule has 0 radical (unpaired) electrons. The van der Waals surface area contributed by atoms with Gasteiger partial charge in [-0.3, -0.25) is 14.9 Å². The number of aromatic hydroxyl groups is 1. The molecule has 1 N–H and O–H groups in total. The van der Waals surface area contributed by atoms with Crippen molar-refractivity contribution < 1.29 is 32.2 Å². The van der Waals surface area contributed by atoms with Gasteiger partial charge in [0.25, 0.3) is 11.6 Å². The number of non-ortho nitro benzene ring substituents is 1. The van der Waals surface area contributed by atoms with Gasteiger partial charge in [-0.2, -0.15) is 20.3 Å². The van der Waals surface area contributed by atoms with Gasteiger partial charge in [0, 0.05) is 29.5 Å². The molecule has 0 aliphatic carbocycles. The van der Waals surface area contributed by atoms with E-state index in [1.165, 1.54) is 5.01 Å². The number of hydrazone groups is 1. The van der Waals surface area contributed by atoms with Crippen molar-refractivity contribution in [1.29, 1.82) is 0 Å². The molecule has 1 atom stereocenters. The monoisotopic (exact) mass is 391 g/mol. The number of carbonyl (C=O) groups excluding carboxylic acids is 1. The summed E-state index contributed by atoms with van der Waals surface area (Å²) in [7, 11) is 0. The molecule has 1 amide bonds. The first-order chi connectivity index (χ1) is 12.0. The molecule has 0 saturated heterocycles. The summed E-state index contributed by atoms with van der Waals surface area (Å²) in [5.74, 6) is -0.660. The number of anilines is 1. The Kier molecular flexibility index (Phi) is 5.82. The van der Waals surface area contributed by atoms with Gasteiger partial charge in [-0.25, -0.2) is 0 Å². The number of hydrogen-bond donors (Lipinski definition) is 1. The molecule has 2 aromatic carbocycles. The summed E-state index contributed by atoms with van der Waals surface area (Å²) >= 11 is 0. The molecule has 10 heteroatoms. The number of hydrogen-bond acceptors (Lipinski definition) is 7. The van der Waals surface area contributed by atoms with Crippen molar-refractivity contribution >= 4 is 28.7 Å². The van der Waals surface area contributed by atoms with Crippen LogP contribution in [0.25, 0.3) is 0 Å². The number of nitrogens with zero attached hydrogens (tertiary/aromatic N) is 5. The number of benzene rings is 2. The molecule has 0 spiro atoms. The summed E-state index contributed by atoms with van der Waals surface area (Å²) in [6.07, 6.45) is 0. The zero-order valence-corrected chi connectivity index (χ0v) is 14.8. The topological polar surface area (TPSA) is 121 Å². The Morgan fingerprint density at radius 2 is 1.92 bits per heavy atom. The fourth-order valence-electron chi connectivity index (χ4n) is 2.27. The molecule has 0 saturated carbocycles. The van der Waals surface area contributed by atoms with Crippen molar-refractivity contribution in [3.8, 4) is 5.75 Å². The third-order valence-electron chi connectivity index (χ3n) is 3.55. The molecule has 1 heterocycles. The number of phenolic OH excluding ortho intramolecular Hbond substituents is 1. The van der Waals surface area contributed by atoms with Gasteiger partial charge in [0.1, 0.15) is 11.4 Å². The van der Waals surface area contributed by atoms with Gasteiger partial charge in [0.2, 0.25) is 0 Å². The second-order valence-electron chi connectivity index (χ2n) is 5.28. The molecule has 1 aliphatic heterocycles. The van der Waals surface area contributed by atoms with Crippen LogP contribution in [0.2, 0.25) is 0 Å². The van der Waals surface area contributed by atoms with E-state index in [9.17, 15) is 20.0 Å². The van der Waals surface area contributed by atoms with E-state index in [4.69, 9.17) is 0 Å². The fourth-order valence-corrected chi connectivity index (χ4v) is 2.27. The number of phenols is 1. The van der Waals surface area contributed by atoms with Crippen LogP contribution in [0.5, 0.6) is 5.75 Å². The fraction of sp³-hybridized carbons (Fsp3) is 0.125. The number of para-hydroxylation sites is 1. The first-order valence-electron chi connectivity index (χ1n) is 7.30. The van der Waals surface area contributed by atoms with E-state index >= 15 is 0 Å². The Balaban J connectivity index is 0.00000243. The van der Waals surface area contributed by atoms with Crippen molar-refractivity contribution in [2.24, 2.45) is 15.3 Å². The van der Waals surface area contributed by atoms with Crippen molar-refractivity contribution in [1.82, 2.24) is 0 Å². The van der Waals surface area contributed by atoms with Gasteiger partial charge >= 0.3 is 0 Å². The van der Waals surface area contributed by atoms with Crippen molar-refractivity contribution in [2.45, 2.75) is 13.0 Å². The van der Waals surface area contributed by atoms with Crippen LogP contribution in [-0.2, 0) is 22.2 Å². The van der Waals surface area contributed by atoms with E-state index in [2.05, 4.69) is 15.3 Å². The third kappa shape index (κ3) is 3.77. The minimum absolute atomic E-state index is 0. The van der Waals surface area contributed by atoms with E-state index in [0.717, 1.165) is 18.2 Å². The molecule has 3 rings (SSSR count). The number of nitro groups is 1. The quantitative estimate of drug-likeness (QED) is 0.489. The van der Waals surface area contributed by atoms with Crippen LogP contribution in [0, 0.1) is 10.1 Å². The van der Waals surface area contributed by atoms with Crippen LogP contribution in [0.15, 0.2) is 63.9 Å². The molecule has 1 aliphatic rings. The molecular formula is C16H13CrN5O4. The van der Waals surface area contributed by atoms with Crippen molar-refractivity contribution in [3.63, 3.8) is 0 Å². The molecule has 9 nitrogen and oxygen atoms in total. The maximum Gasteiger partial charge on any atom is 0.280 e. The van der Waals surface area contributed by atoms with Crippen molar-refractivity contribution in [2.75, 3.05) is 5.01 Å². The number of azo groups is 1. The van der Waals surface area contributed by atoms with Crippen LogP contribution in [0.1, 0.15) is 6.92 Å². The Bertz CT molecular complexity index is 901. The van der Waals surface area contributed by atoms with Crippen molar-refractivity contribution in [3.05, 3.63) is 58.6 Å². The van der Waals surface area contributed by atoms with Crippen LogP contribution in [-0.4, -0.2) is 27.7 Å². The first-order valence-corrected chi connectivity index (χ1v) is 7.30. The van der Waals surface area contributed by atoms with Gasteiger partial charge in [-0.05, 0) is 25.1 Å². The SMILES string of the molecule is CC1=NN(c2ccccc2)C(=O)C1N=Nc1cc([N+](=O)[O-])ccc1O.[Cr]. The number of nitro benzene ring substituents is 1. The molecule has 0 aromatic heterocycles. The van der Waals surface area contributed by atoms with E-state index in [0.29, 0.717) is 11.4 Å². The normalized spacial score (nSPS) is 16.5. The zero-order chi connectivity index (χ0) is 18.0. The molecule has 26 heavy (non-hydrogen) atoms. The summed E-state index contributed by atoms with van der Waals surface area (Å²) in [5, 5.41) is 33.7. The third-order valence-corrected chi connectivity index (χ3v) is 3.55. The summed E-state index contributed by atoms with van der Waals surface area (Å²) < 4.78 is 0. The Morgan fingerprint density at radius 1 is 1.23 bits per heavy atom. The van der Waals surface area contributed by atoms with E-state index in [-0.39, 0.29) is 34.5 Å². The summed E-state index contributed by atoms with van der Waals surface area (Å²) in [4.78, 5) is 22.7. The number of amides is 1. The van der Waals surface area contributed by atoms with Gasteiger partial charge in [-0.1, -0.05) is 18.2 Å². The predicted octanol–water partition coefficient (Wildman–Crippen LogP) is 3.17. The largest absolute Gasteiger partial charge is 0.506 e. The molecular weight excluding hydrogens is 378 g/mol. The first kappa shape index (κ1) is 19.2. The average Bonchev–Trinajstić information content (AvgIpc) is 2.89. The predicted molar refractivity (Wildman–Crippen MR) is 90.1 cm³/mol.